The topological polar surface area (TPSA) is 86.2 Å². The lowest BCUT2D eigenvalue weighted by Gasteiger charge is -2.05. The number of hydrogen-bond acceptors (Lipinski definition) is 5. The normalized spacial score (nSPS) is 10.3. The summed E-state index contributed by atoms with van der Waals surface area (Å²) in [6, 6.07) is 14.9. The highest BCUT2D eigenvalue weighted by Gasteiger charge is 2.15. The van der Waals surface area contributed by atoms with Gasteiger partial charge >= 0.3 is 0 Å². The molecule has 3 aromatic rings. The van der Waals surface area contributed by atoms with Crippen LogP contribution < -0.4 is 9.30 Å². The van der Waals surface area contributed by atoms with Gasteiger partial charge in [0, 0.05) is 23.8 Å². The number of nitrogens with zero attached hydrogens (tertiary/aromatic N) is 3. The number of nitro benzene ring substituents is 1. The van der Waals surface area contributed by atoms with Crippen molar-refractivity contribution in [2.45, 2.75) is 6.54 Å². The van der Waals surface area contributed by atoms with Gasteiger partial charge in [-0.1, -0.05) is 12.1 Å². The van der Waals surface area contributed by atoms with E-state index in [-0.39, 0.29) is 18.0 Å². The van der Waals surface area contributed by atoms with Crippen LogP contribution in [0.4, 0.5) is 5.69 Å². The number of carbonyl (C=O) groups excluding carboxylic acids is 1. The van der Waals surface area contributed by atoms with Gasteiger partial charge in [-0.3, -0.25) is 14.9 Å². The van der Waals surface area contributed by atoms with Crippen molar-refractivity contribution < 1.29 is 19.0 Å². The largest absolute Gasteiger partial charge is 0.496 e. The van der Waals surface area contributed by atoms with E-state index in [1.165, 1.54) is 24.3 Å². The molecule has 130 valence electrons. The summed E-state index contributed by atoms with van der Waals surface area (Å²) in [6.45, 7) is 0.0943. The van der Waals surface area contributed by atoms with E-state index < -0.39 is 4.92 Å². The molecule has 0 amide bonds. The van der Waals surface area contributed by atoms with Gasteiger partial charge in [0.25, 0.3) is 12.0 Å². The molecular weight excluding hydrogens is 334 g/mol. The number of hydrogen-bond donors (Lipinski definition) is 0. The smallest absolute Gasteiger partial charge is 0.287 e. The van der Waals surface area contributed by atoms with Crippen LogP contribution in [0.25, 0.3) is 11.3 Å². The first kappa shape index (κ1) is 17.2. The highest BCUT2D eigenvalue weighted by Crippen LogP contribution is 2.27. The van der Waals surface area contributed by atoms with Crippen LogP contribution in [0.15, 0.2) is 67.1 Å². The molecule has 0 N–H and O–H groups in total. The van der Waals surface area contributed by atoms with E-state index in [9.17, 15) is 14.9 Å². The lowest BCUT2D eigenvalue weighted by molar-refractivity contribution is -0.686. The van der Waals surface area contributed by atoms with Crippen molar-refractivity contribution >= 4 is 11.5 Å². The fourth-order valence-electron chi connectivity index (χ4n) is 2.52. The van der Waals surface area contributed by atoms with Crippen LogP contribution in [0.5, 0.6) is 5.75 Å². The van der Waals surface area contributed by atoms with Crippen molar-refractivity contribution in [3.8, 4) is 17.0 Å². The zero-order valence-corrected chi connectivity index (χ0v) is 14.0. The summed E-state index contributed by atoms with van der Waals surface area (Å²) >= 11 is 0. The minimum atomic E-state index is -0.497. The SMILES string of the molecule is COc1ccccc1-c1cc[n+](CC(=O)c2ccc([N+](=O)[O-])cc2)cn1. The summed E-state index contributed by atoms with van der Waals surface area (Å²) in [6.07, 6.45) is 3.34. The van der Waals surface area contributed by atoms with Crippen molar-refractivity contribution in [3.05, 3.63) is 82.8 Å². The van der Waals surface area contributed by atoms with E-state index in [1.54, 1.807) is 30.3 Å². The van der Waals surface area contributed by atoms with Crippen LogP contribution in [0.1, 0.15) is 10.4 Å². The Bertz CT molecular complexity index is 938. The van der Waals surface area contributed by atoms with E-state index in [1.807, 2.05) is 24.3 Å². The molecule has 7 nitrogen and oxygen atoms in total. The number of ketones is 1. The third-order valence-electron chi connectivity index (χ3n) is 3.88. The molecule has 0 aliphatic carbocycles. The second-order valence-electron chi connectivity index (χ2n) is 5.55. The Labute approximate surface area is 149 Å². The van der Waals surface area contributed by atoms with Crippen molar-refractivity contribution in [1.29, 1.82) is 0 Å². The monoisotopic (exact) mass is 350 g/mol. The minimum absolute atomic E-state index is 0.0444. The quantitative estimate of drug-likeness (QED) is 0.295. The summed E-state index contributed by atoms with van der Waals surface area (Å²) in [7, 11) is 1.60. The molecule has 1 aromatic heterocycles. The first-order valence-corrected chi connectivity index (χ1v) is 7.84. The molecule has 0 saturated carbocycles. The van der Waals surface area contributed by atoms with Gasteiger partial charge in [0.15, 0.2) is 12.2 Å². The number of non-ortho nitro benzene ring substituents is 1. The Morgan fingerprint density at radius 1 is 1.15 bits per heavy atom. The molecule has 26 heavy (non-hydrogen) atoms. The molecule has 0 aliphatic rings. The summed E-state index contributed by atoms with van der Waals surface area (Å²) in [5, 5.41) is 10.7. The first-order chi connectivity index (χ1) is 12.6. The average molecular weight is 350 g/mol. The number of aromatic nitrogens is 2. The second kappa shape index (κ2) is 7.52. The van der Waals surface area contributed by atoms with Gasteiger partial charge in [0.05, 0.1) is 23.8 Å². The van der Waals surface area contributed by atoms with E-state index in [2.05, 4.69) is 4.98 Å². The Hall–Kier alpha value is -3.61. The molecule has 2 aromatic carbocycles. The predicted octanol–water partition coefficient (Wildman–Crippen LogP) is 2.84. The number of nitro groups is 1. The van der Waals surface area contributed by atoms with Crippen LogP contribution in [-0.4, -0.2) is 22.8 Å². The van der Waals surface area contributed by atoms with Gasteiger partial charge in [0.2, 0.25) is 5.78 Å². The van der Waals surface area contributed by atoms with Crippen LogP contribution in [0.2, 0.25) is 0 Å². The molecule has 3 rings (SSSR count). The van der Waals surface area contributed by atoms with Crippen molar-refractivity contribution in [1.82, 2.24) is 4.98 Å². The van der Waals surface area contributed by atoms with E-state index in [0.29, 0.717) is 5.56 Å². The Morgan fingerprint density at radius 3 is 2.50 bits per heavy atom. The van der Waals surface area contributed by atoms with Gasteiger partial charge in [-0.15, -0.1) is 0 Å². The van der Waals surface area contributed by atoms with Crippen LogP contribution in [0.3, 0.4) is 0 Å². The standard InChI is InChI=1S/C19H16N3O4/c1-26-19-5-3-2-4-16(19)17-10-11-21(13-20-17)12-18(23)14-6-8-15(9-7-14)22(24)25/h2-11,13H,12H2,1H3/q+1. The molecule has 0 fully saturated rings. The van der Waals surface area contributed by atoms with Crippen LogP contribution >= 0.6 is 0 Å². The fraction of sp³-hybridized carbons (Fsp3) is 0.105. The molecule has 0 unspecified atom stereocenters. The third-order valence-corrected chi connectivity index (χ3v) is 3.88. The zero-order chi connectivity index (χ0) is 18.5. The number of benzene rings is 2. The van der Waals surface area contributed by atoms with Crippen molar-refractivity contribution in [2.75, 3.05) is 7.11 Å². The zero-order valence-electron chi connectivity index (χ0n) is 14.0. The highest BCUT2D eigenvalue weighted by molar-refractivity contribution is 5.95. The molecule has 1 heterocycles. The first-order valence-electron chi connectivity index (χ1n) is 7.84. The molecule has 0 aliphatic heterocycles. The van der Waals surface area contributed by atoms with E-state index in [4.69, 9.17) is 4.74 Å². The average Bonchev–Trinajstić information content (AvgIpc) is 2.68. The minimum Gasteiger partial charge on any atom is -0.496 e. The maximum Gasteiger partial charge on any atom is 0.287 e. The Balaban J connectivity index is 1.74. The predicted molar refractivity (Wildman–Crippen MR) is 93.8 cm³/mol. The third kappa shape index (κ3) is 3.72. The van der Waals surface area contributed by atoms with Crippen molar-refractivity contribution in [3.63, 3.8) is 0 Å². The molecule has 0 atom stereocenters. The summed E-state index contributed by atoms with van der Waals surface area (Å²) in [4.78, 5) is 26.9. The fourth-order valence-corrected chi connectivity index (χ4v) is 2.52. The van der Waals surface area contributed by atoms with Crippen LogP contribution in [0, 0.1) is 10.1 Å². The molecule has 0 spiro atoms. The molecule has 7 heteroatoms. The lowest BCUT2D eigenvalue weighted by atomic mass is 10.1. The van der Waals surface area contributed by atoms with Gasteiger partial charge < -0.3 is 4.74 Å². The number of methoxy groups -OCH3 is 1. The molecule has 0 saturated heterocycles. The van der Waals surface area contributed by atoms with E-state index in [0.717, 1.165) is 17.0 Å². The van der Waals surface area contributed by atoms with Gasteiger partial charge in [-0.25, -0.2) is 4.57 Å². The maximum absolute atomic E-state index is 12.3. The molecular formula is C19H16N3O4+. The number of Topliss-reactive ketones (excluding diaryl/α,β-unsaturated/α-hetero) is 1. The van der Waals surface area contributed by atoms with Gasteiger partial charge in [-0.05, 0) is 29.2 Å². The van der Waals surface area contributed by atoms with Crippen LogP contribution in [-0.2, 0) is 6.54 Å². The number of para-hydroxylation sites is 1. The lowest BCUT2D eigenvalue weighted by Crippen LogP contribution is -2.37. The summed E-state index contributed by atoms with van der Waals surface area (Å²) < 4.78 is 6.99. The van der Waals surface area contributed by atoms with Gasteiger partial charge in [-0.2, -0.15) is 0 Å². The van der Waals surface area contributed by atoms with Gasteiger partial charge in [0.1, 0.15) is 5.75 Å². The molecule has 0 radical (unpaired) electrons. The summed E-state index contributed by atoms with van der Waals surface area (Å²) in [5.41, 5.74) is 1.97. The number of ether oxygens (including phenoxy) is 1. The number of carbonyl (C=O) groups is 1. The Kier molecular flexibility index (Phi) is 4.98. The maximum atomic E-state index is 12.3. The number of rotatable bonds is 6. The highest BCUT2D eigenvalue weighted by atomic mass is 16.6. The molecule has 0 bridgehead atoms. The second-order valence-corrected chi connectivity index (χ2v) is 5.55. The van der Waals surface area contributed by atoms with Crippen molar-refractivity contribution in [2.24, 2.45) is 0 Å². The Morgan fingerprint density at radius 2 is 1.88 bits per heavy atom. The van der Waals surface area contributed by atoms with E-state index >= 15 is 0 Å². The summed E-state index contributed by atoms with van der Waals surface area (Å²) in [5.74, 6) is 0.566.